The molecule has 7 heteroatoms. The monoisotopic (exact) mass is 223 g/mol. The van der Waals surface area contributed by atoms with Gasteiger partial charge < -0.3 is 10.5 Å². The zero-order valence-electron chi connectivity index (χ0n) is 8.59. The zero-order valence-corrected chi connectivity index (χ0v) is 8.59. The van der Waals surface area contributed by atoms with Crippen LogP contribution in [-0.2, 0) is 6.54 Å². The van der Waals surface area contributed by atoms with Gasteiger partial charge in [0.2, 0.25) is 0 Å². The second kappa shape index (κ2) is 4.23. The fourth-order valence-corrected chi connectivity index (χ4v) is 1.25. The fourth-order valence-electron chi connectivity index (χ4n) is 1.25. The predicted molar refractivity (Wildman–Crippen MR) is 53.6 cm³/mol. The minimum absolute atomic E-state index is 0.178. The average Bonchev–Trinajstić information content (AvgIpc) is 2.77. The van der Waals surface area contributed by atoms with E-state index in [1.165, 1.54) is 30.1 Å². The Bertz CT molecular complexity index is 498. The lowest BCUT2D eigenvalue weighted by Crippen LogP contribution is -2.04. The van der Waals surface area contributed by atoms with Crippen molar-refractivity contribution in [3.63, 3.8) is 0 Å². The SMILES string of the molecule is COc1ccc(F)cc1-n1nnc(CN)n1. The first-order valence-electron chi connectivity index (χ1n) is 4.57. The van der Waals surface area contributed by atoms with Crippen molar-refractivity contribution in [1.82, 2.24) is 20.2 Å². The Balaban J connectivity index is 2.49. The highest BCUT2D eigenvalue weighted by molar-refractivity contribution is 5.45. The van der Waals surface area contributed by atoms with Crippen molar-refractivity contribution in [2.45, 2.75) is 6.54 Å². The van der Waals surface area contributed by atoms with Gasteiger partial charge in [-0.3, -0.25) is 0 Å². The molecule has 0 saturated carbocycles. The van der Waals surface area contributed by atoms with Crippen LogP contribution in [-0.4, -0.2) is 27.3 Å². The highest BCUT2D eigenvalue weighted by Crippen LogP contribution is 2.21. The van der Waals surface area contributed by atoms with Crippen LogP contribution in [0.4, 0.5) is 4.39 Å². The number of ether oxygens (including phenoxy) is 1. The number of aromatic nitrogens is 4. The maximum absolute atomic E-state index is 13.1. The van der Waals surface area contributed by atoms with Gasteiger partial charge in [0, 0.05) is 6.07 Å². The first-order valence-corrected chi connectivity index (χ1v) is 4.57. The van der Waals surface area contributed by atoms with Crippen molar-refractivity contribution in [3.8, 4) is 11.4 Å². The number of hydrogen-bond donors (Lipinski definition) is 1. The van der Waals surface area contributed by atoms with Crippen molar-refractivity contribution >= 4 is 0 Å². The van der Waals surface area contributed by atoms with E-state index in [0.29, 0.717) is 17.3 Å². The number of halogens is 1. The largest absolute Gasteiger partial charge is 0.494 e. The number of nitrogens with zero attached hydrogens (tertiary/aromatic N) is 4. The molecule has 2 rings (SSSR count). The Morgan fingerprint density at radius 2 is 2.31 bits per heavy atom. The molecule has 0 atom stereocenters. The smallest absolute Gasteiger partial charge is 0.188 e. The molecule has 16 heavy (non-hydrogen) atoms. The van der Waals surface area contributed by atoms with Gasteiger partial charge in [-0.25, -0.2) is 4.39 Å². The Morgan fingerprint density at radius 1 is 1.50 bits per heavy atom. The summed E-state index contributed by atoms with van der Waals surface area (Å²) in [6, 6.07) is 4.06. The Labute approximate surface area is 90.8 Å². The van der Waals surface area contributed by atoms with Gasteiger partial charge >= 0.3 is 0 Å². The Kier molecular flexibility index (Phi) is 2.78. The molecule has 2 N–H and O–H groups in total. The van der Waals surface area contributed by atoms with Crippen LogP contribution >= 0.6 is 0 Å². The van der Waals surface area contributed by atoms with Gasteiger partial charge in [0.1, 0.15) is 17.3 Å². The second-order valence-electron chi connectivity index (χ2n) is 3.02. The second-order valence-corrected chi connectivity index (χ2v) is 3.02. The highest BCUT2D eigenvalue weighted by atomic mass is 19.1. The topological polar surface area (TPSA) is 78.8 Å². The molecule has 0 spiro atoms. The molecule has 84 valence electrons. The summed E-state index contributed by atoms with van der Waals surface area (Å²) >= 11 is 0. The molecule has 0 bridgehead atoms. The van der Waals surface area contributed by atoms with E-state index in [1.807, 2.05) is 0 Å². The summed E-state index contributed by atoms with van der Waals surface area (Å²) in [6.07, 6.45) is 0. The molecule has 0 aliphatic rings. The van der Waals surface area contributed by atoms with E-state index in [4.69, 9.17) is 10.5 Å². The van der Waals surface area contributed by atoms with Crippen LogP contribution in [0.5, 0.6) is 5.75 Å². The number of tetrazole rings is 1. The molecule has 1 aromatic carbocycles. The highest BCUT2D eigenvalue weighted by Gasteiger charge is 2.10. The lowest BCUT2D eigenvalue weighted by atomic mass is 10.3. The molecule has 0 amide bonds. The third-order valence-corrected chi connectivity index (χ3v) is 1.99. The van der Waals surface area contributed by atoms with E-state index in [2.05, 4.69) is 15.4 Å². The lowest BCUT2D eigenvalue weighted by molar-refractivity contribution is 0.408. The number of rotatable bonds is 3. The molecule has 0 fully saturated rings. The summed E-state index contributed by atoms with van der Waals surface area (Å²) in [5, 5.41) is 11.4. The fraction of sp³-hybridized carbons (Fsp3) is 0.222. The molecular formula is C9H10FN5O. The van der Waals surface area contributed by atoms with Crippen LogP contribution in [0.25, 0.3) is 5.69 Å². The van der Waals surface area contributed by atoms with Gasteiger partial charge in [0.25, 0.3) is 0 Å². The van der Waals surface area contributed by atoms with Crippen LogP contribution in [0.15, 0.2) is 18.2 Å². The summed E-state index contributed by atoms with van der Waals surface area (Å²) in [5.41, 5.74) is 5.74. The number of benzene rings is 1. The summed E-state index contributed by atoms with van der Waals surface area (Å²) in [7, 11) is 1.48. The third-order valence-electron chi connectivity index (χ3n) is 1.99. The van der Waals surface area contributed by atoms with Gasteiger partial charge in [0.15, 0.2) is 5.82 Å². The quantitative estimate of drug-likeness (QED) is 0.807. The van der Waals surface area contributed by atoms with Crippen LogP contribution in [0.1, 0.15) is 5.82 Å². The predicted octanol–water partition coefficient (Wildman–Crippen LogP) is 0.269. The Morgan fingerprint density at radius 3 is 2.94 bits per heavy atom. The molecule has 1 heterocycles. The molecule has 0 saturated heterocycles. The molecule has 0 aliphatic heterocycles. The molecule has 0 radical (unpaired) electrons. The number of methoxy groups -OCH3 is 1. The van der Waals surface area contributed by atoms with E-state index in [-0.39, 0.29) is 6.54 Å². The van der Waals surface area contributed by atoms with E-state index < -0.39 is 5.82 Å². The summed E-state index contributed by atoms with van der Waals surface area (Å²) in [4.78, 5) is 1.18. The van der Waals surface area contributed by atoms with Crippen molar-refractivity contribution in [3.05, 3.63) is 29.8 Å². The molecule has 0 unspecified atom stereocenters. The van der Waals surface area contributed by atoms with Gasteiger partial charge in [-0.15, -0.1) is 15.0 Å². The van der Waals surface area contributed by atoms with Gasteiger partial charge in [0.05, 0.1) is 13.7 Å². The minimum Gasteiger partial charge on any atom is -0.494 e. The zero-order chi connectivity index (χ0) is 11.5. The first kappa shape index (κ1) is 10.5. The van der Waals surface area contributed by atoms with E-state index in [0.717, 1.165) is 0 Å². The summed E-state index contributed by atoms with van der Waals surface area (Å²) in [6.45, 7) is 0.178. The van der Waals surface area contributed by atoms with Gasteiger partial charge in [-0.05, 0) is 17.3 Å². The van der Waals surface area contributed by atoms with Crippen molar-refractivity contribution in [1.29, 1.82) is 0 Å². The normalized spacial score (nSPS) is 10.4. The molecular weight excluding hydrogens is 213 g/mol. The van der Waals surface area contributed by atoms with Crippen LogP contribution in [0.3, 0.4) is 0 Å². The maximum atomic E-state index is 13.1. The first-order chi connectivity index (χ1) is 7.74. The average molecular weight is 223 g/mol. The molecule has 2 aromatic rings. The van der Waals surface area contributed by atoms with Crippen LogP contribution in [0, 0.1) is 5.82 Å². The molecule has 0 aliphatic carbocycles. The van der Waals surface area contributed by atoms with Gasteiger partial charge in [-0.1, -0.05) is 0 Å². The Hall–Kier alpha value is -2.02. The summed E-state index contributed by atoms with van der Waals surface area (Å²) < 4.78 is 18.2. The molecule has 1 aromatic heterocycles. The van der Waals surface area contributed by atoms with Crippen LogP contribution in [0.2, 0.25) is 0 Å². The van der Waals surface area contributed by atoms with Crippen molar-refractivity contribution in [2.75, 3.05) is 7.11 Å². The van der Waals surface area contributed by atoms with Crippen molar-refractivity contribution < 1.29 is 9.13 Å². The van der Waals surface area contributed by atoms with E-state index >= 15 is 0 Å². The van der Waals surface area contributed by atoms with Crippen molar-refractivity contribution in [2.24, 2.45) is 5.73 Å². The van der Waals surface area contributed by atoms with Gasteiger partial charge in [-0.2, -0.15) is 0 Å². The molecule has 6 nitrogen and oxygen atoms in total. The maximum Gasteiger partial charge on any atom is 0.188 e. The van der Waals surface area contributed by atoms with E-state index in [1.54, 1.807) is 0 Å². The lowest BCUT2D eigenvalue weighted by Gasteiger charge is -2.05. The standard InChI is InChI=1S/C9H10FN5O/c1-16-8-3-2-6(10)4-7(8)15-13-9(5-11)12-14-15/h2-4H,5,11H2,1H3. The number of hydrogen-bond acceptors (Lipinski definition) is 5. The van der Waals surface area contributed by atoms with Crippen LogP contribution < -0.4 is 10.5 Å². The minimum atomic E-state index is -0.401. The number of nitrogens with two attached hydrogens (primary N) is 1. The summed E-state index contributed by atoms with van der Waals surface area (Å²) in [5.74, 6) is 0.441. The third kappa shape index (κ3) is 1.84. The van der Waals surface area contributed by atoms with E-state index in [9.17, 15) is 4.39 Å².